The molecule has 1 aromatic rings. The minimum absolute atomic E-state index is 0.621. The Morgan fingerprint density at radius 3 is 2.47 bits per heavy atom. The van der Waals surface area contributed by atoms with Crippen molar-refractivity contribution in [3.8, 4) is 0 Å². The van der Waals surface area contributed by atoms with Crippen molar-refractivity contribution < 1.29 is 0 Å². The molecule has 0 bridgehead atoms. The highest BCUT2D eigenvalue weighted by Crippen LogP contribution is 2.35. The van der Waals surface area contributed by atoms with Crippen molar-refractivity contribution in [1.82, 2.24) is 0 Å². The normalized spacial score (nSPS) is 27.2. The fraction of sp³-hybridized carbons (Fsp3) is 0.647. The summed E-state index contributed by atoms with van der Waals surface area (Å²) in [6, 6.07) is 11.4. The number of benzene rings is 1. The molecular formula is C17H28N2. The first-order chi connectivity index (χ1) is 9.30. The van der Waals surface area contributed by atoms with Crippen molar-refractivity contribution in [1.29, 1.82) is 0 Å². The van der Waals surface area contributed by atoms with Gasteiger partial charge < -0.3 is 10.6 Å². The quantitative estimate of drug-likeness (QED) is 0.875. The van der Waals surface area contributed by atoms with Crippen LogP contribution < -0.4 is 10.6 Å². The van der Waals surface area contributed by atoms with E-state index in [-0.39, 0.29) is 0 Å². The fourth-order valence-electron chi connectivity index (χ4n) is 3.55. The maximum atomic E-state index is 6.02. The molecule has 19 heavy (non-hydrogen) atoms. The molecule has 1 aliphatic rings. The van der Waals surface area contributed by atoms with Crippen LogP contribution in [0.2, 0.25) is 0 Å². The van der Waals surface area contributed by atoms with Crippen molar-refractivity contribution in [3.63, 3.8) is 0 Å². The van der Waals surface area contributed by atoms with Crippen LogP contribution in [0.15, 0.2) is 30.3 Å². The average Bonchev–Trinajstić information content (AvgIpc) is 2.49. The molecule has 0 spiro atoms. The minimum atomic E-state index is 0.621. The van der Waals surface area contributed by atoms with E-state index in [0.29, 0.717) is 12.0 Å². The van der Waals surface area contributed by atoms with E-state index in [2.05, 4.69) is 49.1 Å². The van der Waals surface area contributed by atoms with Gasteiger partial charge in [0.15, 0.2) is 0 Å². The number of hydrogen-bond donors (Lipinski definition) is 1. The highest BCUT2D eigenvalue weighted by molar-refractivity contribution is 5.47. The number of rotatable bonds is 5. The first kappa shape index (κ1) is 14.4. The van der Waals surface area contributed by atoms with E-state index in [0.717, 1.165) is 19.0 Å². The summed E-state index contributed by atoms with van der Waals surface area (Å²) in [5.74, 6) is 1.54. The topological polar surface area (TPSA) is 29.3 Å². The second-order valence-electron chi connectivity index (χ2n) is 5.77. The van der Waals surface area contributed by atoms with E-state index in [1.807, 2.05) is 0 Å². The number of nitrogens with zero attached hydrogens (tertiary/aromatic N) is 1. The molecule has 3 atom stereocenters. The predicted octanol–water partition coefficient (Wildman–Crippen LogP) is 3.67. The van der Waals surface area contributed by atoms with Gasteiger partial charge in [-0.2, -0.15) is 0 Å². The summed E-state index contributed by atoms with van der Waals surface area (Å²) in [6.07, 6.45) is 5.27. The molecule has 106 valence electrons. The fourth-order valence-corrected chi connectivity index (χ4v) is 3.55. The van der Waals surface area contributed by atoms with Gasteiger partial charge in [-0.3, -0.25) is 0 Å². The monoisotopic (exact) mass is 260 g/mol. The molecule has 1 aromatic carbocycles. The van der Waals surface area contributed by atoms with Gasteiger partial charge in [-0.1, -0.05) is 31.5 Å². The largest absolute Gasteiger partial charge is 0.368 e. The van der Waals surface area contributed by atoms with Gasteiger partial charge in [-0.05, 0) is 56.7 Å². The lowest BCUT2D eigenvalue weighted by Crippen LogP contribution is -2.47. The Hall–Kier alpha value is -1.02. The molecule has 1 saturated carbocycles. The van der Waals surface area contributed by atoms with E-state index < -0.39 is 0 Å². The predicted molar refractivity (Wildman–Crippen MR) is 83.4 cm³/mol. The second kappa shape index (κ2) is 6.95. The Morgan fingerprint density at radius 2 is 1.89 bits per heavy atom. The Kier molecular flexibility index (Phi) is 5.26. The van der Waals surface area contributed by atoms with Crippen LogP contribution >= 0.6 is 0 Å². The Labute approximate surface area is 118 Å². The van der Waals surface area contributed by atoms with E-state index in [1.165, 1.54) is 31.4 Å². The van der Waals surface area contributed by atoms with Crippen molar-refractivity contribution >= 4 is 5.69 Å². The van der Waals surface area contributed by atoms with Gasteiger partial charge in [0.05, 0.1) is 0 Å². The summed E-state index contributed by atoms with van der Waals surface area (Å²) in [4.78, 5) is 2.57. The Balaban J connectivity index is 2.18. The molecule has 2 N–H and O–H groups in total. The van der Waals surface area contributed by atoms with Crippen LogP contribution in [-0.2, 0) is 0 Å². The summed E-state index contributed by atoms with van der Waals surface area (Å²) in [7, 11) is 0. The van der Waals surface area contributed by atoms with E-state index in [4.69, 9.17) is 5.73 Å². The van der Waals surface area contributed by atoms with Gasteiger partial charge in [-0.15, -0.1) is 0 Å². The molecule has 2 rings (SSSR count). The van der Waals surface area contributed by atoms with E-state index >= 15 is 0 Å². The molecule has 0 aliphatic heterocycles. The lowest BCUT2D eigenvalue weighted by atomic mass is 9.76. The number of anilines is 1. The average molecular weight is 260 g/mol. The smallest absolute Gasteiger partial charge is 0.0368 e. The lowest BCUT2D eigenvalue weighted by molar-refractivity contribution is 0.228. The molecule has 0 radical (unpaired) electrons. The minimum Gasteiger partial charge on any atom is -0.368 e. The second-order valence-corrected chi connectivity index (χ2v) is 5.77. The zero-order valence-corrected chi connectivity index (χ0v) is 12.4. The van der Waals surface area contributed by atoms with Gasteiger partial charge >= 0.3 is 0 Å². The van der Waals surface area contributed by atoms with E-state index in [9.17, 15) is 0 Å². The van der Waals surface area contributed by atoms with Crippen molar-refractivity contribution in [2.24, 2.45) is 17.6 Å². The van der Waals surface area contributed by atoms with Gasteiger partial charge in [0.1, 0.15) is 0 Å². The zero-order chi connectivity index (χ0) is 13.7. The molecule has 2 heteroatoms. The van der Waals surface area contributed by atoms with Gasteiger partial charge in [0.2, 0.25) is 0 Å². The molecule has 0 heterocycles. The molecular weight excluding hydrogens is 232 g/mol. The van der Waals surface area contributed by atoms with Crippen molar-refractivity contribution in [2.45, 2.75) is 45.6 Å². The molecule has 0 saturated heterocycles. The van der Waals surface area contributed by atoms with Gasteiger partial charge in [0, 0.05) is 18.3 Å². The molecule has 0 amide bonds. The summed E-state index contributed by atoms with van der Waals surface area (Å²) in [5.41, 5.74) is 7.38. The summed E-state index contributed by atoms with van der Waals surface area (Å²) >= 11 is 0. The van der Waals surface area contributed by atoms with Crippen LogP contribution in [0.3, 0.4) is 0 Å². The maximum absolute atomic E-state index is 6.02. The maximum Gasteiger partial charge on any atom is 0.0368 e. The third-order valence-electron chi connectivity index (χ3n) is 4.77. The number of para-hydroxylation sites is 1. The van der Waals surface area contributed by atoms with Gasteiger partial charge in [0.25, 0.3) is 0 Å². The van der Waals surface area contributed by atoms with Crippen molar-refractivity contribution in [3.05, 3.63) is 30.3 Å². The SMILES string of the molecule is CCC1CCC(CN)C(N(CC)c2ccccc2)C1. The number of nitrogens with two attached hydrogens (primary N) is 1. The van der Waals surface area contributed by atoms with Crippen LogP contribution in [-0.4, -0.2) is 19.1 Å². The first-order valence-electron chi connectivity index (χ1n) is 7.81. The third-order valence-corrected chi connectivity index (χ3v) is 4.77. The molecule has 1 aliphatic carbocycles. The summed E-state index contributed by atoms with van der Waals surface area (Å²) in [5, 5.41) is 0. The summed E-state index contributed by atoms with van der Waals surface area (Å²) in [6.45, 7) is 6.48. The Bertz CT molecular complexity index is 363. The molecule has 2 nitrogen and oxygen atoms in total. The molecule has 3 unspecified atom stereocenters. The van der Waals surface area contributed by atoms with Crippen LogP contribution in [0, 0.1) is 11.8 Å². The van der Waals surface area contributed by atoms with Crippen molar-refractivity contribution in [2.75, 3.05) is 18.0 Å². The standard InChI is InChI=1S/C17H28N2/c1-3-14-10-11-15(13-18)17(12-14)19(4-2)16-8-6-5-7-9-16/h5-9,14-15,17H,3-4,10-13,18H2,1-2H3. The zero-order valence-electron chi connectivity index (χ0n) is 12.4. The van der Waals surface area contributed by atoms with Gasteiger partial charge in [-0.25, -0.2) is 0 Å². The number of hydrogen-bond acceptors (Lipinski definition) is 2. The first-order valence-corrected chi connectivity index (χ1v) is 7.81. The van der Waals surface area contributed by atoms with E-state index in [1.54, 1.807) is 0 Å². The van der Waals surface area contributed by atoms with Crippen LogP contribution in [0.25, 0.3) is 0 Å². The highest BCUT2D eigenvalue weighted by atomic mass is 15.2. The van der Waals surface area contributed by atoms with Crippen LogP contribution in [0.1, 0.15) is 39.5 Å². The molecule has 1 fully saturated rings. The summed E-state index contributed by atoms with van der Waals surface area (Å²) < 4.78 is 0. The highest BCUT2D eigenvalue weighted by Gasteiger charge is 2.32. The van der Waals surface area contributed by atoms with Crippen LogP contribution in [0.5, 0.6) is 0 Å². The molecule has 0 aromatic heterocycles. The van der Waals surface area contributed by atoms with Crippen LogP contribution in [0.4, 0.5) is 5.69 Å². The third kappa shape index (κ3) is 3.30. The lowest BCUT2D eigenvalue weighted by Gasteiger charge is -2.43. The Morgan fingerprint density at radius 1 is 1.16 bits per heavy atom.